The van der Waals surface area contributed by atoms with E-state index in [0.717, 1.165) is 20.6 Å². The molecule has 0 aliphatic carbocycles. The van der Waals surface area contributed by atoms with Gasteiger partial charge >= 0.3 is 0 Å². The van der Waals surface area contributed by atoms with Gasteiger partial charge in [-0.1, -0.05) is 38.8 Å². The number of hydrogen-bond donors (Lipinski definition) is 1. The summed E-state index contributed by atoms with van der Waals surface area (Å²) in [4.78, 5) is 0. The van der Waals surface area contributed by atoms with Gasteiger partial charge in [0.15, 0.2) is 11.6 Å². The Bertz CT molecular complexity index is 641. The second kappa shape index (κ2) is 6.94. The van der Waals surface area contributed by atoms with Crippen LogP contribution in [0.2, 0.25) is 0 Å². The topological polar surface area (TPSA) is 12.0 Å². The molecule has 6 heteroatoms. The first kappa shape index (κ1) is 16.5. The summed E-state index contributed by atoms with van der Waals surface area (Å²) in [6.07, 6.45) is 0. The standard InChI is InChI=1S/C15H12Br2F3N/c1-2-21-15(8-3-9(16)5-10(17)4-8)11-6-13(19)14(20)7-12(11)18/h3-7,15,21H,2H2,1H3. The third kappa shape index (κ3) is 3.87. The SMILES string of the molecule is CCNC(c1cc(Br)cc(Br)c1)c1cc(F)c(F)cc1F. The van der Waals surface area contributed by atoms with Gasteiger partial charge in [-0.25, -0.2) is 13.2 Å². The molecule has 0 heterocycles. The van der Waals surface area contributed by atoms with Gasteiger partial charge in [0, 0.05) is 20.6 Å². The molecule has 0 spiro atoms. The van der Waals surface area contributed by atoms with E-state index in [1.54, 1.807) is 12.1 Å². The average molecular weight is 423 g/mol. The molecular weight excluding hydrogens is 411 g/mol. The monoisotopic (exact) mass is 421 g/mol. The van der Waals surface area contributed by atoms with Gasteiger partial charge in [-0.05, 0) is 36.4 Å². The zero-order valence-electron chi connectivity index (χ0n) is 11.1. The van der Waals surface area contributed by atoms with Crippen molar-refractivity contribution in [3.8, 4) is 0 Å². The molecule has 2 aromatic carbocycles. The van der Waals surface area contributed by atoms with E-state index in [1.807, 2.05) is 13.0 Å². The average Bonchev–Trinajstić information content (AvgIpc) is 2.39. The van der Waals surface area contributed by atoms with Crippen molar-refractivity contribution in [2.24, 2.45) is 0 Å². The lowest BCUT2D eigenvalue weighted by atomic mass is 9.98. The summed E-state index contributed by atoms with van der Waals surface area (Å²) >= 11 is 6.73. The summed E-state index contributed by atoms with van der Waals surface area (Å²) in [5.41, 5.74) is 0.809. The van der Waals surface area contributed by atoms with Gasteiger partial charge in [-0.3, -0.25) is 0 Å². The minimum Gasteiger partial charge on any atom is -0.306 e. The summed E-state index contributed by atoms with van der Waals surface area (Å²) in [6.45, 7) is 2.41. The van der Waals surface area contributed by atoms with Gasteiger partial charge in [-0.2, -0.15) is 0 Å². The number of halogens is 5. The van der Waals surface area contributed by atoms with E-state index in [1.165, 1.54) is 0 Å². The minimum absolute atomic E-state index is 0.0701. The Kier molecular flexibility index (Phi) is 5.46. The minimum atomic E-state index is -1.19. The van der Waals surface area contributed by atoms with Gasteiger partial charge in [0.1, 0.15) is 5.82 Å². The van der Waals surface area contributed by atoms with E-state index >= 15 is 0 Å². The predicted octanol–water partition coefficient (Wildman–Crippen LogP) is 5.33. The van der Waals surface area contributed by atoms with Crippen LogP contribution in [0.5, 0.6) is 0 Å². The first-order valence-corrected chi connectivity index (χ1v) is 7.84. The number of rotatable bonds is 4. The molecule has 0 radical (unpaired) electrons. The van der Waals surface area contributed by atoms with Crippen molar-refractivity contribution < 1.29 is 13.2 Å². The van der Waals surface area contributed by atoms with Crippen LogP contribution in [0.4, 0.5) is 13.2 Å². The van der Waals surface area contributed by atoms with Gasteiger partial charge in [0.2, 0.25) is 0 Å². The summed E-state index contributed by atoms with van der Waals surface area (Å²) < 4.78 is 42.2. The van der Waals surface area contributed by atoms with Crippen LogP contribution in [0.25, 0.3) is 0 Å². The van der Waals surface area contributed by atoms with Crippen molar-refractivity contribution in [3.05, 3.63) is 67.9 Å². The lowest BCUT2D eigenvalue weighted by molar-refractivity contribution is 0.481. The molecule has 1 unspecified atom stereocenters. The Balaban J connectivity index is 2.55. The maximum absolute atomic E-state index is 14.0. The van der Waals surface area contributed by atoms with E-state index < -0.39 is 23.5 Å². The maximum Gasteiger partial charge on any atom is 0.161 e. The predicted molar refractivity (Wildman–Crippen MR) is 83.7 cm³/mol. The van der Waals surface area contributed by atoms with Gasteiger partial charge in [0.05, 0.1) is 6.04 Å². The molecule has 1 N–H and O–H groups in total. The largest absolute Gasteiger partial charge is 0.306 e. The fourth-order valence-electron chi connectivity index (χ4n) is 2.11. The van der Waals surface area contributed by atoms with Crippen LogP contribution in [-0.2, 0) is 0 Å². The first-order chi connectivity index (χ1) is 9.92. The van der Waals surface area contributed by atoms with Crippen LogP contribution < -0.4 is 5.32 Å². The van der Waals surface area contributed by atoms with Crippen molar-refractivity contribution in [2.45, 2.75) is 13.0 Å². The Morgan fingerprint density at radius 2 is 1.48 bits per heavy atom. The fourth-order valence-corrected chi connectivity index (χ4v) is 3.44. The summed E-state index contributed by atoms with van der Waals surface area (Å²) in [7, 11) is 0. The van der Waals surface area contributed by atoms with Crippen molar-refractivity contribution in [2.75, 3.05) is 6.54 Å². The number of benzene rings is 2. The van der Waals surface area contributed by atoms with Crippen molar-refractivity contribution in [3.63, 3.8) is 0 Å². The van der Waals surface area contributed by atoms with Crippen LogP contribution in [0.3, 0.4) is 0 Å². The molecular formula is C15H12Br2F3N. The van der Waals surface area contributed by atoms with Crippen LogP contribution in [0.15, 0.2) is 39.3 Å². The van der Waals surface area contributed by atoms with E-state index in [4.69, 9.17) is 0 Å². The third-order valence-electron chi connectivity index (χ3n) is 2.98. The van der Waals surface area contributed by atoms with E-state index in [0.29, 0.717) is 12.6 Å². The third-order valence-corrected chi connectivity index (χ3v) is 3.89. The molecule has 2 aromatic rings. The molecule has 0 amide bonds. The van der Waals surface area contributed by atoms with E-state index in [9.17, 15) is 13.2 Å². The zero-order chi connectivity index (χ0) is 15.6. The lowest BCUT2D eigenvalue weighted by Crippen LogP contribution is -2.23. The molecule has 0 saturated heterocycles. The lowest BCUT2D eigenvalue weighted by Gasteiger charge is -2.20. The molecule has 112 valence electrons. The first-order valence-electron chi connectivity index (χ1n) is 6.26. The molecule has 0 bridgehead atoms. The molecule has 1 nitrogen and oxygen atoms in total. The summed E-state index contributed by atoms with van der Waals surface area (Å²) in [5.74, 6) is -3.04. The van der Waals surface area contributed by atoms with Crippen LogP contribution in [0, 0.1) is 17.5 Å². The van der Waals surface area contributed by atoms with Crippen molar-refractivity contribution in [1.29, 1.82) is 0 Å². The maximum atomic E-state index is 14.0. The van der Waals surface area contributed by atoms with E-state index in [2.05, 4.69) is 37.2 Å². The normalized spacial score (nSPS) is 12.5. The Labute approximate surface area is 137 Å². The fraction of sp³-hybridized carbons (Fsp3) is 0.200. The van der Waals surface area contributed by atoms with Gasteiger partial charge < -0.3 is 5.32 Å². The highest BCUT2D eigenvalue weighted by molar-refractivity contribution is 9.11. The molecule has 0 saturated carbocycles. The smallest absolute Gasteiger partial charge is 0.161 e. The molecule has 0 aromatic heterocycles. The molecule has 2 rings (SSSR count). The summed E-state index contributed by atoms with van der Waals surface area (Å²) in [5, 5.41) is 3.09. The second-order valence-electron chi connectivity index (χ2n) is 4.48. The number of hydrogen-bond acceptors (Lipinski definition) is 1. The highest BCUT2D eigenvalue weighted by Gasteiger charge is 2.20. The molecule has 0 aliphatic rings. The quantitative estimate of drug-likeness (QED) is 0.656. The van der Waals surface area contributed by atoms with Crippen LogP contribution in [0.1, 0.15) is 24.1 Å². The number of nitrogens with one attached hydrogen (secondary N) is 1. The Hall–Kier alpha value is -0.850. The van der Waals surface area contributed by atoms with Crippen LogP contribution >= 0.6 is 31.9 Å². The highest BCUT2D eigenvalue weighted by Crippen LogP contribution is 2.30. The Morgan fingerprint density at radius 1 is 0.905 bits per heavy atom. The van der Waals surface area contributed by atoms with Crippen LogP contribution in [-0.4, -0.2) is 6.54 Å². The Morgan fingerprint density at radius 3 is 2.05 bits per heavy atom. The second-order valence-corrected chi connectivity index (χ2v) is 6.31. The molecule has 0 fully saturated rings. The van der Waals surface area contributed by atoms with Crippen molar-refractivity contribution in [1.82, 2.24) is 5.32 Å². The van der Waals surface area contributed by atoms with Gasteiger partial charge in [-0.15, -0.1) is 0 Å². The van der Waals surface area contributed by atoms with E-state index in [-0.39, 0.29) is 5.56 Å². The zero-order valence-corrected chi connectivity index (χ0v) is 14.2. The molecule has 1 atom stereocenters. The van der Waals surface area contributed by atoms with Gasteiger partial charge in [0.25, 0.3) is 0 Å². The molecule has 0 aliphatic heterocycles. The highest BCUT2D eigenvalue weighted by atomic mass is 79.9. The summed E-state index contributed by atoms with van der Waals surface area (Å²) in [6, 6.07) is 6.35. The van der Waals surface area contributed by atoms with Crippen molar-refractivity contribution >= 4 is 31.9 Å². The molecule has 21 heavy (non-hydrogen) atoms.